The van der Waals surface area contributed by atoms with Gasteiger partial charge in [-0.1, -0.05) is 29.8 Å². The van der Waals surface area contributed by atoms with E-state index >= 15 is 0 Å². The second kappa shape index (κ2) is 5.51. The van der Waals surface area contributed by atoms with Crippen LogP contribution in [-0.2, 0) is 0 Å². The maximum Gasteiger partial charge on any atom is 0.134 e. The normalized spacial score (nSPS) is 12.0. The molecule has 0 aliphatic carbocycles. The molecular weight excluding hydrogens is 284 g/mol. The Balaban J connectivity index is 1.91. The van der Waals surface area contributed by atoms with Crippen molar-refractivity contribution in [3.05, 3.63) is 64.9 Å². The SMILES string of the molecule is CC(Nc1cc(Cl)ccc1C#N)c1cc2ccccc2o1. The number of hydrogen-bond donors (Lipinski definition) is 1. The van der Waals surface area contributed by atoms with Crippen molar-refractivity contribution in [2.24, 2.45) is 0 Å². The monoisotopic (exact) mass is 296 g/mol. The summed E-state index contributed by atoms with van der Waals surface area (Å²) in [5.74, 6) is 0.820. The van der Waals surface area contributed by atoms with E-state index in [2.05, 4.69) is 11.4 Å². The molecule has 4 heteroatoms. The van der Waals surface area contributed by atoms with Gasteiger partial charge in [0.1, 0.15) is 17.4 Å². The quantitative estimate of drug-likeness (QED) is 0.729. The summed E-state index contributed by atoms with van der Waals surface area (Å²) in [6.45, 7) is 1.99. The van der Waals surface area contributed by atoms with Crippen molar-refractivity contribution >= 4 is 28.3 Å². The number of nitriles is 1. The predicted molar refractivity (Wildman–Crippen MR) is 84.4 cm³/mol. The van der Waals surface area contributed by atoms with Gasteiger partial charge in [-0.15, -0.1) is 0 Å². The minimum atomic E-state index is -0.0667. The van der Waals surface area contributed by atoms with Gasteiger partial charge in [0, 0.05) is 10.4 Å². The average molecular weight is 297 g/mol. The summed E-state index contributed by atoms with van der Waals surface area (Å²) in [5.41, 5.74) is 2.12. The van der Waals surface area contributed by atoms with Crippen LogP contribution < -0.4 is 5.32 Å². The van der Waals surface area contributed by atoms with E-state index in [9.17, 15) is 0 Å². The summed E-state index contributed by atoms with van der Waals surface area (Å²) in [4.78, 5) is 0. The number of anilines is 1. The molecule has 21 heavy (non-hydrogen) atoms. The van der Waals surface area contributed by atoms with Gasteiger partial charge in [-0.05, 0) is 37.3 Å². The lowest BCUT2D eigenvalue weighted by atomic mass is 10.1. The molecule has 0 fully saturated rings. The van der Waals surface area contributed by atoms with Crippen molar-refractivity contribution in [3.63, 3.8) is 0 Å². The number of rotatable bonds is 3. The molecule has 3 aromatic rings. The third kappa shape index (κ3) is 2.72. The van der Waals surface area contributed by atoms with Gasteiger partial charge in [0.05, 0.1) is 17.3 Å². The van der Waals surface area contributed by atoms with Crippen molar-refractivity contribution in [1.82, 2.24) is 0 Å². The maximum absolute atomic E-state index is 9.15. The fourth-order valence-corrected chi connectivity index (χ4v) is 2.43. The molecule has 2 aromatic carbocycles. The standard InChI is InChI=1S/C17H13ClN2O/c1-11(17-8-12-4-2-3-5-16(12)21-17)20-15-9-14(18)7-6-13(15)10-19/h2-9,11,20H,1H3. The molecule has 1 aromatic heterocycles. The van der Waals surface area contributed by atoms with Gasteiger partial charge in [0.25, 0.3) is 0 Å². The summed E-state index contributed by atoms with van der Waals surface area (Å²) in [6.07, 6.45) is 0. The predicted octanol–water partition coefficient (Wildman–Crippen LogP) is 5.13. The molecule has 1 heterocycles. The fourth-order valence-electron chi connectivity index (χ4n) is 2.25. The first-order chi connectivity index (χ1) is 10.2. The molecule has 3 nitrogen and oxygen atoms in total. The summed E-state index contributed by atoms with van der Waals surface area (Å²) in [5, 5.41) is 14.1. The first kappa shape index (κ1) is 13.5. The fraction of sp³-hybridized carbons (Fsp3) is 0.118. The van der Waals surface area contributed by atoms with Crippen LogP contribution in [0.1, 0.15) is 24.3 Å². The van der Waals surface area contributed by atoms with Gasteiger partial charge >= 0.3 is 0 Å². The Kier molecular flexibility index (Phi) is 3.55. The van der Waals surface area contributed by atoms with Gasteiger partial charge < -0.3 is 9.73 Å². The van der Waals surface area contributed by atoms with E-state index < -0.39 is 0 Å². The lowest BCUT2D eigenvalue weighted by Gasteiger charge is -2.14. The Labute approximate surface area is 127 Å². The van der Waals surface area contributed by atoms with E-state index in [1.807, 2.05) is 37.3 Å². The number of para-hydroxylation sites is 1. The molecule has 0 aliphatic rings. The zero-order valence-corrected chi connectivity index (χ0v) is 12.2. The van der Waals surface area contributed by atoms with Crippen LogP contribution in [0.4, 0.5) is 5.69 Å². The molecule has 0 saturated heterocycles. The van der Waals surface area contributed by atoms with Crippen molar-refractivity contribution in [1.29, 1.82) is 5.26 Å². The van der Waals surface area contributed by atoms with Gasteiger partial charge in [-0.25, -0.2) is 0 Å². The average Bonchev–Trinajstić information content (AvgIpc) is 2.91. The summed E-state index contributed by atoms with van der Waals surface area (Å²) in [7, 11) is 0. The Hall–Kier alpha value is -2.44. The number of furan rings is 1. The molecule has 0 radical (unpaired) electrons. The van der Waals surface area contributed by atoms with E-state index in [4.69, 9.17) is 21.3 Å². The van der Waals surface area contributed by atoms with E-state index in [0.29, 0.717) is 16.3 Å². The largest absolute Gasteiger partial charge is 0.459 e. The molecule has 0 saturated carbocycles. The van der Waals surface area contributed by atoms with Crippen LogP contribution in [0.5, 0.6) is 0 Å². The topological polar surface area (TPSA) is 49.0 Å². The van der Waals surface area contributed by atoms with Crippen molar-refractivity contribution < 1.29 is 4.42 Å². The molecule has 0 amide bonds. The van der Waals surface area contributed by atoms with E-state index in [1.54, 1.807) is 18.2 Å². The first-order valence-corrected chi connectivity index (χ1v) is 7.00. The summed E-state index contributed by atoms with van der Waals surface area (Å²) >= 11 is 5.99. The van der Waals surface area contributed by atoms with Gasteiger partial charge in [0.15, 0.2) is 0 Å². The van der Waals surface area contributed by atoms with Crippen LogP contribution in [0, 0.1) is 11.3 Å². The second-order valence-electron chi connectivity index (χ2n) is 4.85. The van der Waals surface area contributed by atoms with E-state index in [0.717, 1.165) is 16.7 Å². The van der Waals surface area contributed by atoms with Gasteiger partial charge in [0.2, 0.25) is 0 Å². The van der Waals surface area contributed by atoms with E-state index in [-0.39, 0.29) is 6.04 Å². The zero-order valence-electron chi connectivity index (χ0n) is 11.4. The number of halogens is 1. The first-order valence-electron chi connectivity index (χ1n) is 6.62. The third-order valence-electron chi connectivity index (χ3n) is 3.35. The molecule has 0 aliphatic heterocycles. The van der Waals surface area contributed by atoms with Gasteiger partial charge in [-0.3, -0.25) is 0 Å². The maximum atomic E-state index is 9.15. The Bertz CT molecular complexity index is 799. The Morgan fingerprint density at radius 1 is 1.19 bits per heavy atom. The molecule has 1 unspecified atom stereocenters. The van der Waals surface area contributed by atoms with Crippen molar-refractivity contribution in [3.8, 4) is 6.07 Å². The van der Waals surface area contributed by atoms with Crippen molar-refractivity contribution in [2.45, 2.75) is 13.0 Å². The molecule has 104 valence electrons. The minimum Gasteiger partial charge on any atom is -0.459 e. The molecule has 3 rings (SSSR count). The van der Waals surface area contributed by atoms with Crippen LogP contribution in [0.25, 0.3) is 11.0 Å². The molecular formula is C17H13ClN2O. The molecule has 1 atom stereocenters. The van der Waals surface area contributed by atoms with Crippen molar-refractivity contribution in [2.75, 3.05) is 5.32 Å². The highest BCUT2D eigenvalue weighted by atomic mass is 35.5. The highest BCUT2D eigenvalue weighted by molar-refractivity contribution is 6.30. The lowest BCUT2D eigenvalue weighted by molar-refractivity contribution is 0.526. The zero-order chi connectivity index (χ0) is 14.8. The molecule has 0 bridgehead atoms. The van der Waals surface area contributed by atoms with Crippen LogP contribution in [-0.4, -0.2) is 0 Å². The highest BCUT2D eigenvalue weighted by Crippen LogP contribution is 2.28. The van der Waals surface area contributed by atoms with Crippen LogP contribution in [0.3, 0.4) is 0 Å². The third-order valence-corrected chi connectivity index (χ3v) is 3.58. The Morgan fingerprint density at radius 2 is 2.00 bits per heavy atom. The van der Waals surface area contributed by atoms with Crippen LogP contribution in [0.15, 0.2) is 52.9 Å². The number of fused-ring (bicyclic) bond motifs is 1. The summed E-state index contributed by atoms with van der Waals surface area (Å²) in [6, 6.07) is 17.1. The minimum absolute atomic E-state index is 0.0667. The molecule has 0 spiro atoms. The van der Waals surface area contributed by atoms with Gasteiger partial charge in [-0.2, -0.15) is 5.26 Å². The lowest BCUT2D eigenvalue weighted by Crippen LogP contribution is -2.06. The number of nitrogens with zero attached hydrogens (tertiary/aromatic N) is 1. The smallest absolute Gasteiger partial charge is 0.134 e. The number of benzene rings is 2. The number of hydrogen-bond acceptors (Lipinski definition) is 3. The number of nitrogens with one attached hydrogen (secondary N) is 1. The second-order valence-corrected chi connectivity index (χ2v) is 5.29. The van der Waals surface area contributed by atoms with Crippen LogP contribution in [0.2, 0.25) is 5.02 Å². The molecule has 1 N–H and O–H groups in total. The summed E-state index contributed by atoms with van der Waals surface area (Å²) < 4.78 is 5.83. The Morgan fingerprint density at radius 3 is 2.76 bits per heavy atom. The van der Waals surface area contributed by atoms with E-state index in [1.165, 1.54) is 0 Å². The van der Waals surface area contributed by atoms with Crippen LogP contribution >= 0.6 is 11.6 Å². The highest BCUT2D eigenvalue weighted by Gasteiger charge is 2.13.